The van der Waals surface area contributed by atoms with E-state index in [0.717, 1.165) is 28.3 Å². The fourth-order valence-electron chi connectivity index (χ4n) is 0.946. The summed E-state index contributed by atoms with van der Waals surface area (Å²) in [4.78, 5) is 0. The molecule has 1 atom stereocenters. The first kappa shape index (κ1) is 18.4. The molecule has 0 aliphatic rings. The molecule has 0 saturated heterocycles. The summed E-state index contributed by atoms with van der Waals surface area (Å²) in [5.41, 5.74) is 0. The van der Waals surface area contributed by atoms with Gasteiger partial charge in [-0.25, -0.2) is 0 Å². The van der Waals surface area contributed by atoms with Crippen LogP contribution in [0.25, 0.3) is 0 Å². The van der Waals surface area contributed by atoms with Crippen LogP contribution in [0.15, 0.2) is 0 Å². The lowest BCUT2D eigenvalue weighted by atomic mass is 10.5. The van der Waals surface area contributed by atoms with Crippen molar-refractivity contribution in [3.05, 3.63) is 0 Å². The molecule has 0 aliphatic carbocycles. The monoisotopic (exact) mass is 352 g/mol. The van der Waals surface area contributed by atoms with Gasteiger partial charge in [-0.2, -0.15) is 60.5 Å². The zero-order chi connectivity index (χ0) is 12.1. The van der Waals surface area contributed by atoms with Crippen molar-refractivity contribution in [2.24, 2.45) is 0 Å². The van der Waals surface area contributed by atoms with Crippen LogP contribution in [-0.2, 0) is 0 Å². The van der Waals surface area contributed by atoms with Crippen molar-refractivity contribution < 1.29 is 0 Å². The van der Waals surface area contributed by atoms with E-state index in [4.69, 9.17) is 0 Å². The van der Waals surface area contributed by atoms with E-state index < -0.39 is 0 Å². The summed E-state index contributed by atoms with van der Waals surface area (Å²) in [6.45, 7) is 0. The Morgan fingerprint density at radius 2 is 1.50 bits per heavy atom. The Hall–Kier alpha value is 2.45. The molecule has 0 N–H and O–H groups in total. The molecule has 0 amide bonds. The lowest BCUT2D eigenvalue weighted by Crippen LogP contribution is -2.11. The zero-order valence-electron chi connectivity index (χ0n) is 9.21. The molecule has 0 aromatic heterocycles. The van der Waals surface area contributed by atoms with Crippen LogP contribution in [0.1, 0.15) is 0 Å². The molecule has 0 nitrogen and oxygen atoms in total. The Labute approximate surface area is 133 Å². The molecule has 0 aliphatic heterocycles. The molecular formula is C9H20S7. The van der Waals surface area contributed by atoms with Gasteiger partial charge in [0.1, 0.15) is 0 Å². The van der Waals surface area contributed by atoms with Crippen molar-refractivity contribution in [2.45, 2.75) is 5.25 Å². The van der Waals surface area contributed by atoms with Gasteiger partial charge in [0.15, 0.2) is 0 Å². The largest absolute Gasteiger partial charge is 0.179 e. The van der Waals surface area contributed by atoms with Crippen LogP contribution < -0.4 is 0 Å². The van der Waals surface area contributed by atoms with Crippen LogP contribution in [0.5, 0.6) is 0 Å². The lowest BCUT2D eigenvalue weighted by Gasteiger charge is -2.13. The van der Waals surface area contributed by atoms with Crippen LogP contribution in [0.4, 0.5) is 0 Å². The van der Waals surface area contributed by atoms with Crippen LogP contribution in [0, 0.1) is 0 Å². The van der Waals surface area contributed by atoms with Crippen LogP contribution in [-0.4, -0.2) is 51.3 Å². The van der Waals surface area contributed by atoms with Gasteiger partial charge in [0.2, 0.25) is 0 Å². The molecule has 1 unspecified atom stereocenters. The van der Waals surface area contributed by atoms with Crippen molar-refractivity contribution in [1.82, 2.24) is 0 Å². The van der Waals surface area contributed by atoms with Crippen molar-refractivity contribution in [1.29, 1.82) is 0 Å². The molecule has 0 heterocycles. The minimum atomic E-state index is 0.731. The highest BCUT2D eigenvalue weighted by molar-refractivity contribution is 8.68. The van der Waals surface area contributed by atoms with E-state index >= 15 is 0 Å². The molecule has 7 heteroatoms. The second-order valence-electron chi connectivity index (χ2n) is 2.92. The topological polar surface area (TPSA) is 0 Å². The Morgan fingerprint density at radius 1 is 0.812 bits per heavy atom. The van der Waals surface area contributed by atoms with Gasteiger partial charge in [0.05, 0.1) is 0 Å². The number of thioether (sulfide) groups is 3. The molecule has 0 saturated carbocycles. The van der Waals surface area contributed by atoms with Crippen molar-refractivity contribution in [3.63, 3.8) is 0 Å². The highest BCUT2D eigenvalue weighted by Crippen LogP contribution is 2.23. The van der Waals surface area contributed by atoms with Crippen molar-refractivity contribution in [3.8, 4) is 0 Å². The molecule has 16 heavy (non-hydrogen) atoms. The quantitative estimate of drug-likeness (QED) is 0.276. The Kier molecular flexibility index (Phi) is 17.9. The average Bonchev–Trinajstić information content (AvgIpc) is 2.30. The fourth-order valence-corrected chi connectivity index (χ4v) is 6.45. The van der Waals surface area contributed by atoms with E-state index in [2.05, 4.69) is 48.7 Å². The second-order valence-corrected chi connectivity index (χ2v) is 8.97. The summed E-state index contributed by atoms with van der Waals surface area (Å²) in [5.74, 6) is 9.18. The van der Waals surface area contributed by atoms with Crippen LogP contribution in [0.3, 0.4) is 0 Å². The van der Waals surface area contributed by atoms with Gasteiger partial charge in [0, 0.05) is 39.8 Å². The molecular weight excluding hydrogens is 333 g/mol. The highest BCUT2D eigenvalue weighted by atomic mass is 33.1. The SMILES string of the molecule is SCCSCCSCC(CSS)SCCS. The normalized spacial score (nSPS) is 12.9. The van der Waals surface area contributed by atoms with Crippen LogP contribution >= 0.6 is 83.0 Å². The van der Waals surface area contributed by atoms with Gasteiger partial charge in [0.25, 0.3) is 0 Å². The Balaban J connectivity index is 3.36. The minimum Gasteiger partial charge on any atom is -0.179 e. The van der Waals surface area contributed by atoms with Gasteiger partial charge in [-0.05, 0) is 11.5 Å². The molecule has 98 valence electrons. The van der Waals surface area contributed by atoms with E-state index in [1.165, 1.54) is 23.0 Å². The Bertz CT molecular complexity index is 133. The summed E-state index contributed by atoms with van der Waals surface area (Å²) in [5, 5.41) is 0.731. The predicted octanol–water partition coefficient (Wildman–Crippen LogP) is 3.99. The van der Waals surface area contributed by atoms with Gasteiger partial charge >= 0.3 is 0 Å². The summed E-state index contributed by atoms with van der Waals surface area (Å²) in [6, 6.07) is 0. The second kappa shape index (κ2) is 15.5. The van der Waals surface area contributed by atoms with Gasteiger partial charge in [-0.3, -0.25) is 0 Å². The van der Waals surface area contributed by atoms with Gasteiger partial charge < -0.3 is 0 Å². The molecule has 0 fully saturated rings. The van der Waals surface area contributed by atoms with Crippen LogP contribution in [0.2, 0.25) is 0 Å². The maximum absolute atomic E-state index is 4.25. The number of hydrogen-bond acceptors (Lipinski definition) is 7. The highest BCUT2D eigenvalue weighted by Gasteiger charge is 2.08. The van der Waals surface area contributed by atoms with E-state index in [1.54, 1.807) is 10.8 Å². The van der Waals surface area contributed by atoms with Crippen molar-refractivity contribution in [2.75, 3.05) is 46.0 Å². The molecule has 0 spiro atoms. The fraction of sp³-hybridized carbons (Fsp3) is 1.00. The maximum atomic E-state index is 4.25. The van der Waals surface area contributed by atoms with Gasteiger partial charge in [-0.1, -0.05) is 10.8 Å². The first-order valence-electron chi connectivity index (χ1n) is 5.10. The minimum absolute atomic E-state index is 0.731. The molecule has 0 aromatic rings. The van der Waals surface area contributed by atoms with E-state index in [0.29, 0.717) is 0 Å². The average molecular weight is 353 g/mol. The number of rotatable bonds is 12. The number of hydrogen-bond donors (Lipinski definition) is 3. The zero-order valence-corrected chi connectivity index (χ0v) is 15.2. The molecule has 0 aromatic carbocycles. The smallest absolute Gasteiger partial charge is 0.0237 e. The summed E-state index contributed by atoms with van der Waals surface area (Å²) < 4.78 is 0. The third-order valence-corrected chi connectivity index (χ3v) is 7.71. The summed E-state index contributed by atoms with van der Waals surface area (Å²) in [7, 11) is 1.65. The van der Waals surface area contributed by atoms with Crippen molar-refractivity contribution >= 4 is 83.0 Å². The lowest BCUT2D eigenvalue weighted by molar-refractivity contribution is 1.15. The van der Waals surface area contributed by atoms with Gasteiger partial charge in [-0.15, -0.1) is 11.7 Å². The summed E-state index contributed by atoms with van der Waals surface area (Å²) in [6.07, 6.45) is 0. The van der Waals surface area contributed by atoms with E-state index in [9.17, 15) is 0 Å². The van der Waals surface area contributed by atoms with E-state index in [-0.39, 0.29) is 0 Å². The standard InChI is InChI=1S/C9H20S7/c10-1-3-13-5-6-14-7-9(8-16-12)15-4-2-11/h9-12H,1-8H2. The Morgan fingerprint density at radius 3 is 2.12 bits per heavy atom. The van der Waals surface area contributed by atoms with E-state index in [1.807, 2.05) is 23.5 Å². The first-order valence-corrected chi connectivity index (χ1v) is 11.8. The molecule has 0 rings (SSSR count). The number of thiol groups is 3. The maximum Gasteiger partial charge on any atom is 0.0237 e. The third kappa shape index (κ3) is 12.9. The molecule has 0 radical (unpaired) electrons. The first-order chi connectivity index (χ1) is 7.85. The predicted molar refractivity (Wildman–Crippen MR) is 100 cm³/mol. The third-order valence-electron chi connectivity index (χ3n) is 1.62. The summed E-state index contributed by atoms with van der Waals surface area (Å²) >= 11 is 18.8. The molecule has 0 bridgehead atoms.